The Morgan fingerprint density at radius 3 is 2.60 bits per heavy atom. The molecule has 2 rings (SSSR count). The van der Waals surface area contributed by atoms with Gasteiger partial charge in [-0.15, -0.1) is 0 Å². The summed E-state index contributed by atoms with van der Waals surface area (Å²) in [5.41, 5.74) is -1.35. The summed E-state index contributed by atoms with van der Waals surface area (Å²) in [5.74, 6) is 0.0788. The smallest absolute Gasteiger partial charge is 0.430 e. The fraction of sp³-hybridized carbons (Fsp3) is 0.455. The van der Waals surface area contributed by atoms with Crippen LogP contribution in [0.15, 0.2) is 18.2 Å². The summed E-state index contributed by atoms with van der Waals surface area (Å²) in [6.45, 7) is 2.63. The van der Waals surface area contributed by atoms with Gasteiger partial charge in [-0.1, -0.05) is 12.1 Å². The van der Waals surface area contributed by atoms with E-state index in [9.17, 15) is 13.2 Å². The first-order chi connectivity index (χ1) is 6.82. The molecule has 82 valence electrons. The third kappa shape index (κ3) is 1.58. The maximum atomic E-state index is 13.6. The predicted octanol–water partition coefficient (Wildman–Crippen LogP) is 3.25. The molecule has 0 saturated carbocycles. The van der Waals surface area contributed by atoms with E-state index in [1.807, 2.05) is 0 Å². The second-order valence-electron chi connectivity index (χ2n) is 4.10. The van der Waals surface area contributed by atoms with E-state index < -0.39 is 11.8 Å². The fourth-order valence-electron chi connectivity index (χ4n) is 1.61. The van der Waals surface area contributed by atoms with E-state index in [4.69, 9.17) is 0 Å². The molecular formula is C11H11F3O. The van der Waals surface area contributed by atoms with Crippen LogP contribution in [0.2, 0.25) is 0 Å². The molecule has 0 saturated heterocycles. The number of benzene rings is 1. The van der Waals surface area contributed by atoms with Crippen molar-refractivity contribution < 1.29 is 17.9 Å². The standard InChI is InChI=1S/C11H11F3O/c1-7-3-4-8-6-10(2,12)11(13,14)15-9(8)5-7/h3-5H,6H2,1-2H3. The van der Waals surface area contributed by atoms with Crippen LogP contribution in [0.3, 0.4) is 0 Å². The normalized spacial score (nSPS) is 28.1. The molecular weight excluding hydrogens is 205 g/mol. The van der Waals surface area contributed by atoms with E-state index in [-0.39, 0.29) is 12.2 Å². The Morgan fingerprint density at radius 2 is 1.93 bits per heavy atom. The molecule has 0 bridgehead atoms. The number of fused-ring (bicyclic) bond motifs is 1. The lowest BCUT2D eigenvalue weighted by Crippen LogP contribution is -2.50. The minimum absolute atomic E-state index is 0.0788. The molecule has 15 heavy (non-hydrogen) atoms. The monoisotopic (exact) mass is 216 g/mol. The molecule has 0 N–H and O–H groups in total. The topological polar surface area (TPSA) is 9.23 Å². The van der Waals surface area contributed by atoms with E-state index in [0.717, 1.165) is 12.5 Å². The summed E-state index contributed by atoms with van der Waals surface area (Å²) >= 11 is 0. The summed E-state index contributed by atoms with van der Waals surface area (Å²) in [4.78, 5) is 0. The predicted molar refractivity (Wildman–Crippen MR) is 50.0 cm³/mol. The lowest BCUT2D eigenvalue weighted by molar-refractivity contribution is -0.265. The molecule has 1 nitrogen and oxygen atoms in total. The number of rotatable bonds is 0. The molecule has 0 amide bonds. The first-order valence-electron chi connectivity index (χ1n) is 4.67. The third-order valence-corrected chi connectivity index (χ3v) is 2.59. The highest BCUT2D eigenvalue weighted by Crippen LogP contribution is 2.44. The Morgan fingerprint density at radius 1 is 1.27 bits per heavy atom. The van der Waals surface area contributed by atoms with Gasteiger partial charge >= 0.3 is 6.11 Å². The molecule has 1 aliphatic heterocycles. The maximum Gasteiger partial charge on any atom is 0.432 e. The van der Waals surface area contributed by atoms with Gasteiger partial charge in [0.25, 0.3) is 0 Å². The molecule has 0 radical (unpaired) electrons. The highest BCUT2D eigenvalue weighted by molar-refractivity contribution is 5.40. The fourth-order valence-corrected chi connectivity index (χ4v) is 1.61. The first-order valence-corrected chi connectivity index (χ1v) is 4.67. The molecule has 1 heterocycles. The van der Waals surface area contributed by atoms with Crippen molar-refractivity contribution in [2.75, 3.05) is 0 Å². The van der Waals surface area contributed by atoms with E-state index in [0.29, 0.717) is 5.56 Å². The van der Waals surface area contributed by atoms with Gasteiger partial charge in [0.05, 0.1) is 0 Å². The molecule has 0 spiro atoms. The Kier molecular flexibility index (Phi) is 2.00. The zero-order valence-electron chi connectivity index (χ0n) is 8.48. The molecule has 1 aromatic rings. The Hall–Kier alpha value is -1.19. The van der Waals surface area contributed by atoms with Gasteiger partial charge in [0.15, 0.2) is 0 Å². The van der Waals surface area contributed by atoms with Gasteiger partial charge in [-0.3, -0.25) is 0 Å². The average Bonchev–Trinajstić information content (AvgIpc) is 2.07. The first kappa shape index (κ1) is 10.3. The van der Waals surface area contributed by atoms with Crippen LogP contribution in [0, 0.1) is 6.92 Å². The van der Waals surface area contributed by atoms with Crippen molar-refractivity contribution in [2.24, 2.45) is 0 Å². The van der Waals surface area contributed by atoms with Crippen LogP contribution < -0.4 is 4.74 Å². The van der Waals surface area contributed by atoms with Gasteiger partial charge in [0.2, 0.25) is 5.67 Å². The lowest BCUT2D eigenvalue weighted by atomic mass is 9.93. The van der Waals surface area contributed by atoms with Gasteiger partial charge in [-0.2, -0.15) is 8.78 Å². The van der Waals surface area contributed by atoms with Crippen LogP contribution in [-0.4, -0.2) is 11.8 Å². The van der Waals surface area contributed by atoms with Crippen LogP contribution >= 0.6 is 0 Å². The van der Waals surface area contributed by atoms with E-state index in [1.165, 1.54) is 6.07 Å². The molecule has 0 aromatic heterocycles. The Labute approximate surface area is 85.9 Å². The van der Waals surface area contributed by atoms with Crippen molar-refractivity contribution >= 4 is 0 Å². The highest BCUT2D eigenvalue weighted by atomic mass is 19.3. The second kappa shape index (κ2) is 2.90. The number of aryl methyl sites for hydroxylation is 1. The largest absolute Gasteiger partial charge is 0.432 e. The maximum absolute atomic E-state index is 13.6. The second-order valence-corrected chi connectivity index (χ2v) is 4.10. The SMILES string of the molecule is Cc1ccc2c(c1)OC(F)(F)C(C)(F)C2. The van der Waals surface area contributed by atoms with Gasteiger partial charge < -0.3 is 4.74 Å². The summed E-state index contributed by atoms with van der Waals surface area (Å²) in [5, 5.41) is 0. The Balaban J connectivity index is 2.47. The van der Waals surface area contributed by atoms with Crippen LogP contribution in [0.4, 0.5) is 13.2 Å². The van der Waals surface area contributed by atoms with E-state index >= 15 is 0 Å². The van der Waals surface area contributed by atoms with Crippen molar-refractivity contribution in [3.05, 3.63) is 29.3 Å². The highest BCUT2D eigenvalue weighted by Gasteiger charge is 2.57. The quantitative estimate of drug-likeness (QED) is 0.646. The van der Waals surface area contributed by atoms with Gasteiger partial charge in [0.1, 0.15) is 5.75 Å². The van der Waals surface area contributed by atoms with Crippen molar-refractivity contribution in [3.63, 3.8) is 0 Å². The molecule has 1 aliphatic rings. The van der Waals surface area contributed by atoms with Crippen molar-refractivity contribution in [2.45, 2.75) is 32.0 Å². The van der Waals surface area contributed by atoms with Gasteiger partial charge in [0, 0.05) is 6.42 Å². The zero-order chi connectivity index (χ0) is 11.3. The molecule has 1 atom stereocenters. The average molecular weight is 216 g/mol. The van der Waals surface area contributed by atoms with Crippen molar-refractivity contribution in [1.82, 2.24) is 0 Å². The zero-order valence-corrected chi connectivity index (χ0v) is 8.48. The van der Waals surface area contributed by atoms with Gasteiger partial charge in [-0.05, 0) is 31.0 Å². The Bertz CT molecular complexity index is 399. The van der Waals surface area contributed by atoms with Gasteiger partial charge in [-0.25, -0.2) is 4.39 Å². The number of halogens is 3. The van der Waals surface area contributed by atoms with Crippen LogP contribution in [0.5, 0.6) is 5.75 Å². The molecule has 1 aromatic carbocycles. The molecule has 0 fully saturated rings. The van der Waals surface area contributed by atoms with Crippen LogP contribution in [0.1, 0.15) is 18.1 Å². The van der Waals surface area contributed by atoms with Crippen LogP contribution in [-0.2, 0) is 6.42 Å². The van der Waals surface area contributed by atoms with Crippen molar-refractivity contribution in [1.29, 1.82) is 0 Å². The lowest BCUT2D eigenvalue weighted by Gasteiger charge is -2.35. The van der Waals surface area contributed by atoms with Crippen LogP contribution in [0.25, 0.3) is 0 Å². The summed E-state index contributed by atoms with van der Waals surface area (Å²) in [6, 6.07) is 4.87. The summed E-state index contributed by atoms with van der Waals surface area (Å²) < 4.78 is 44.4. The molecule has 0 aliphatic carbocycles. The number of hydrogen-bond donors (Lipinski definition) is 0. The number of hydrogen-bond acceptors (Lipinski definition) is 1. The number of ether oxygens (including phenoxy) is 1. The molecule has 4 heteroatoms. The van der Waals surface area contributed by atoms with Crippen molar-refractivity contribution in [3.8, 4) is 5.75 Å². The van der Waals surface area contributed by atoms with E-state index in [2.05, 4.69) is 4.74 Å². The third-order valence-electron chi connectivity index (χ3n) is 2.59. The van der Waals surface area contributed by atoms with E-state index in [1.54, 1.807) is 19.1 Å². The number of alkyl halides is 3. The summed E-state index contributed by atoms with van der Waals surface area (Å²) in [7, 11) is 0. The minimum Gasteiger partial charge on any atom is -0.430 e. The summed E-state index contributed by atoms with van der Waals surface area (Å²) in [6.07, 6.45) is -4.08. The molecule has 1 unspecified atom stereocenters. The minimum atomic E-state index is -3.76.